The Morgan fingerprint density at radius 1 is 1.05 bits per heavy atom. The lowest BCUT2D eigenvalue weighted by Crippen LogP contribution is -2.54. The Hall–Kier alpha value is -2.12. The molecule has 3 N–H and O–H groups in total. The largest absolute Gasteiger partial charge is 0.335 e. The van der Waals surface area contributed by atoms with Crippen LogP contribution >= 0.6 is 11.6 Å². The third kappa shape index (κ3) is 3.32. The lowest BCUT2D eigenvalue weighted by Gasteiger charge is -2.34. The van der Waals surface area contributed by atoms with Crippen LogP contribution in [0.1, 0.15) is 10.4 Å². The number of nitrogens with two attached hydrogens (primary N) is 1. The van der Waals surface area contributed by atoms with E-state index in [1.807, 2.05) is 0 Å². The fourth-order valence-corrected chi connectivity index (χ4v) is 2.34. The highest BCUT2D eigenvalue weighted by Gasteiger charge is 2.28. The number of piperazine rings is 1. The summed E-state index contributed by atoms with van der Waals surface area (Å²) >= 11 is 6.00. The van der Waals surface area contributed by atoms with Gasteiger partial charge in [-0.2, -0.15) is 0 Å². The minimum absolute atomic E-state index is 0.184. The standard InChI is InChI=1S/C13H15ClN4O3/c14-10-4-2-1-3-9(10)12(20)17-5-7-18(8-6-17)13(21)11(19)16-15/h1-4H,5-8,15H2,(H,16,19). The van der Waals surface area contributed by atoms with Crippen molar-refractivity contribution in [2.24, 2.45) is 5.84 Å². The third-order valence-corrected chi connectivity index (χ3v) is 3.61. The van der Waals surface area contributed by atoms with Gasteiger partial charge < -0.3 is 9.80 Å². The molecule has 0 radical (unpaired) electrons. The second kappa shape index (κ2) is 6.55. The molecule has 1 aliphatic heterocycles. The summed E-state index contributed by atoms with van der Waals surface area (Å²) in [5, 5.41) is 0.392. The monoisotopic (exact) mass is 310 g/mol. The van der Waals surface area contributed by atoms with Gasteiger partial charge in [-0.1, -0.05) is 23.7 Å². The molecular weight excluding hydrogens is 296 g/mol. The van der Waals surface area contributed by atoms with E-state index in [0.717, 1.165) is 0 Å². The lowest BCUT2D eigenvalue weighted by molar-refractivity contribution is -0.146. The molecule has 7 nitrogen and oxygen atoms in total. The number of hydrogen-bond acceptors (Lipinski definition) is 4. The fourth-order valence-electron chi connectivity index (χ4n) is 2.12. The molecule has 1 aromatic carbocycles. The van der Waals surface area contributed by atoms with Crippen LogP contribution in [-0.4, -0.2) is 53.7 Å². The van der Waals surface area contributed by atoms with Gasteiger partial charge in [0.1, 0.15) is 0 Å². The summed E-state index contributed by atoms with van der Waals surface area (Å²) in [5.74, 6) is 3.18. The highest BCUT2D eigenvalue weighted by Crippen LogP contribution is 2.18. The molecule has 1 fully saturated rings. The average Bonchev–Trinajstić information content (AvgIpc) is 2.53. The second-order valence-corrected chi connectivity index (χ2v) is 4.94. The Bertz CT molecular complexity index is 570. The van der Waals surface area contributed by atoms with Crippen LogP contribution in [0.2, 0.25) is 5.02 Å². The lowest BCUT2D eigenvalue weighted by atomic mass is 10.2. The minimum atomic E-state index is -0.860. The number of amides is 3. The summed E-state index contributed by atoms with van der Waals surface area (Å²) < 4.78 is 0. The highest BCUT2D eigenvalue weighted by molar-refractivity contribution is 6.35. The summed E-state index contributed by atoms with van der Waals surface area (Å²) in [4.78, 5) is 38.1. The topological polar surface area (TPSA) is 95.7 Å². The molecule has 1 heterocycles. The number of nitrogens with zero attached hydrogens (tertiary/aromatic N) is 2. The Morgan fingerprint density at radius 2 is 1.62 bits per heavy atom. The van der Waals surface area contributed by atoms with Crippen LogP contribution in [-0.2, 0) is 9.59 Å². The maximum Gasteiger partial charge on any atom is 0.323 e. The van der Waals surface area contributed by atoms with Crippen LogP contribution in [0.5, 0.6) is 0 Å². The number of nitrogens with one attached hydrogen (secondary N) is 1. The van der Waals surface area contributed by atoms with E-state index in [0.29, 0.717) is 23.7 Å². The number of carbonyl (C=O) groups is 3. The van der Waals surface area contributed by atoms with Gasteiger partial charge in [0.15, 0.2) is 0 Å². The zero-order valence-corrected chi connectivity index (χ0v) is 12.0. The molecule has 0 bridgehead atoms. The van der Waals surface area contributed by atoms with Crippen LogP contribution in [0.3, 0.4) is 0 Å². The van der Waals surface area contributed by atoms with Gasteiger partial charge in [0, 0.05) is 26.2 Å². The summed E-state index contributed by atoms with van der Waals surface area (Å²) in [6.45, 7) is 1.24. The van der Waals surface area contributed by atoms with Gasteiger partial charge in [0.2, 0.25) is 0 Å². The van der Waals surface area contributed by atoms with Gasteiger partial charge in [0.05, 0.1) is 10.6 Å². The van der Waals surface area contributed by atoms with E-state index in [2.05, 4.69) is 0 Å². The molecule has 1 aliphatic rings. The third-order valence-electron chi connectivity index (χ3n) is 3.28. The van der Waals surface area contributed by atoms with Crippen molar-refractivity contribution in [1.29, 1.82) is 0 Å². The predicted molar refractivity (Wildman–Crippen MR) is 76.3 cm³/mol. The van der Waals surface area contributed by atoms with Crippen molar-refractivity contribution in [2.45, 2.75) is 0 Å². The van der Waals surface area contributed by atoms with Gasteiger partial charge in [0.25, 0.3) is 5.91 Å². The molecule has 8 heteroatoms. The Labute approximate surface area is 126 Å². The number of halogens is 1. The van der Waals surface area contributed by atoms with Gasteiger partial charge in [-0.25, -0.2) is 5.84 Å². The maximum absolute atomic E-state index is 12.3. The molecule has 2 rings (SSSR count). The summed E-state index contributed by atoms with van der Waals surface area (Å²) in [6.07, 6.45) is 0. The Balaban J connectivity index is 1.98. The quantitative estimate of drug-likeness (QED) is 0.320. The SMILES string of the molecule is NNC(=O)C(=O)N1CCN(C(=O)c2ccccc2Cl)CC1. The molecule has 1 aromatic rings. The molecule has 0 aromatic heterocycles. The molecule has 1 saturated heterocycles. The first-order chi connectivity index (χ1) is 10.0. The molecule has 21 heavy (non-hydrogen) atoms. The number of rotatable bonds is 1. The number of hydrazine groups is 1. The number of carbonyl (C=O) groups excluding carboxylic acids is 3. The van der Waals surface area contributed by atoms with Crippen molar-refractivity contribution < 1.29 is 14.4 Å². The van der Waals surface area contributed by atoms with E-state index < -0.39 is 11.8 Å². The Morgan fingerprint density at radius 3 is 2.19 bits per heavy atom. The van der Waals surface area contributed by atoms with E-state index in [-0.39, 0.29) is 19.0 Å². The van der Waals surface area contributed by atoms with Crippen LogP contribution < -0.4 is 11.3 Å². The van der Waals surface area contributed by atoms with E-state index in [1.54, 1.807) is 34.6 Å². The first kappa shape index (κ1) is 15.3. The second-order valence-electron chi connectivity index (χ2n) is 4.54. The molecule has 0 aliphatic carbocycles. The Kier molecular flexibility index (Phi) is 4.77. The number of benzene rings is 1. The molecule has 0 spiro atoms. The predicted octanol–water partition coefficient (Wildman–Crippen LogP) is -0.386. The zero-order chi connectivity index (χ0) is 15.4. The van der Waals surface area contributed by atoms with Crippen LogP contribution in [0.4, 0.5) is 0 Å². The van der Waals surface area contributed by atoms with Crippen molar-refractivity contribution in [3.8, 4) is 0 Å². The summed E-state index contributed by atoms with van der Waals surface area (Å²) in [7, 11) is 0. The van der Waals surface area contributed by atoms with E-state index in [4.69, 9.17) is 17.4 Å². The van der Waals surface area contributed by atoms with Gasteiger partial charge in [-0.15, -0.1) is 0 Å². The van der Waals surface area contributed by atoms with E-state index in [9.17, 15) is 14.4 Å². The van der Waals surface area contributed by atoms with Crippen molar-refractivity contribution >= 4 is 29.3 Å². The van der Waals surface area contributed by atoms with Crippen molar-refractivity contribution in [3.63, 3.8) is 0 Å². The molecular formula is C13H15ClN4O3. The summed E-state index contributed by atoms with van der Waals surface area (Å²) in [5.41, 5.74) is 2.23. The first-order valence-electron chi connectivity index (χ1n) is 6.38. The zero-order valence-electron chi connectivity index (χ0n) is 11.2. The molecule has 3 amide bonds. The van der Waals surface area contributed by atoms with Crippen molar-refractivity contribution in [2.75, 3.05) is 26.2 Å². The van der Waals surface area contributed by atoms with Gasteiger partial charge in [-0.3, -0.25) is 19.8 Å². The molecule has 0 unspecified atom stereocenters. The number of hydrogen-bond donors (Lipinski definition) is 2. The molecule has 0 saturated carbocycles. The maximum atomic E-state index is 12.3. The van der Waals surface area contributed by atoms with Crippen LogP contribution in [0.25, 0.3) is 0 Å². The smallest absolute Gasteiger partial charge is 0.323 e. The fraction of sp³-hybridized carbons (Fsp3) is 0.308. The van der Waals surface area contributed by atoms with E-state index >= 15 is 0 Å². The summed E-state index contributed by atoms with van der Waals surface area (Å²) in [6, 6.07) is 6.80. The van der Waals surface area contributed by atoms with Gasteiger partial charge in [-0.05, 0) is 12.1 Å². The van der Waals surface area contributed by atoms with Crippen LogP contribution in [0.15, 0.2) is 24.3 Å². The molecule has 0 atom stereocenters. The normalized spacial score (nSPS) is 14.8. The molecule has 112 valence electrons. The van der Waals surface area contributed by atoms with E-state index in [1.165, 1.54) is 4.90 Å². The van der Waals surface area contributed by atoms with Crippen molar-refractivity contribution in [3.05, 3.63) is 34.9 Å². The highest BCUT2D eigenvalue weighted by atomic mass is 35.5. The van der Waals surface area contributed by atoms with Crippen molar-refractivity contribution in [1.82, 2.24) is 15.2 Å². The average molecular weight is 311 g/mol. The first-order valence-corrected chi connectivity index (χ1v) is 6.76. The minimum Gasteiger partial charge on any atom is -0.335 e. The van der Waals surface area contributed by atoms with Gasteiger partial charge >= 0.3 is 11.8 Å². The van der Waals surface area contributed by atoms with Crippen LogP contribution in [0, 0.1) is 0 Å².